The third-order valence-electron chi connectivity index (χ3n) is 1.58. The summed E-state index contributed by atoms with van der Waals surface area (Å²) in [5.41, 5.74) is 0.485. The van der Waals surface area contributed by atoms with Gasteiger partial charge < -0.3 is 0 Å². The molecule has 6 nitrogen and oxygen atoms in total. The smallest absolute Gasteiger partial charge is 0.273 e. The molecule has 0 aromatic carbocycles. The number of pyridine rings is 1. The minimum absolute atomic E-state index is 0.00996. The van der Waals surface area contributed by atoms with Gasteiger partial charge in [0.15, 0.2) is 7.05 Å². The molecule has 1 aromatic heterocycles. The molecular formula is C8H10N3O3+. The molecular weight excluding hydrogens is 186 g/mol. The van der Waals surface area contributed by atoms with Crippen LogP contribution >= 0.6 is 0 Å². The van der Waals surface area contributed by atoms with Crippen LogP contribution in [-0.4, -0.2) is 35.0 Å². The van der Waals surface area contributed by atoms with Crippen molar-refractivity contribution in [3.8, 4) is 0 Å². The second kappa shape index (κ2) is 4.31. The first-order valence-electron chi connectivity index (χ1n) is 3.85. The first-order chi connectivity index (χ1) is 6.63. The molecule has 0 bridgehead atoms. The Labute approximate surface area is 80.6 Å². The molecule has 0 saturated heterocycles. The van der Waals surface area contributed by atoms with Crippen molar-refractivity contribution in [3.63, 3.8) is 0 Å². The van der Waals surface area contributed by atoms with Crippen molar-refractivity contribution in [2.24, 2.45) is 0 Å². The largest absolute Gasteiger partial charge is 0.281 e. The molecule has 0 unspecified atom stereocenters. The van der Waals surface area contributed by atoms with Gasteiger partial charge in [-0.2, -0.15) is 0 Å². The standard InChI is InChI=1S/C8H10N3O3/c1-10(14-2)6-7-5-8(11(12)13)3-4-9-7/h3-6H,1-2H3/q+1/b10-6+. The molecule has 1 heterocycles. The van der Waals surface area contributed by atoms with Crippen LogP contribution in [0.1, 0.15) is 5.69 Å². The number of nitrogens with zero attached hydrogens (tertiary/aromatic N) is 3. The summed E-state index contributed by atoms with van der Waals surface area (Å²) >= 11 is 0. The molecule has 0 aliphatic rings. The van der Waals surface area contributed by atoms with E-state index in [1.165, 1.54) is 30.2 Å². The molecule has 1 aromatic rings. The third kappa shape index (κ3) is 2.51. The minimum atomic E-state index is -0.466. The van der Waals surface area contributed by atoms with Crippen molar-refractivity contribution >= 4 is 11.9 Å². The third-order valence-corrected chi connectivity index (χ3v) is 1.58. The van der Waals surface area contributed by atoms with Crippen LogP contribution in [0.25, 0.3) is 0 Å². The predicted octanol–water partition coefficient (Wildman–Crippen LogP) is 0.612. The molecule has 0 atom stereocenters. The average molecular weight is 196 g/mol. The zero-order valence-corrected chi connectivity index (χ0v) is 7.88. The highest BCUT2D eigenvalue weighted by molar-refractivity contribution is 5.73. The van der Waals surface area contributed by atoms with Gasteiger partial charge in [-0.3, -0.25) is 15.0 Å². The van der Waals surface area contributed by atoms with Gasteiger partial charge >= 0.3 is 0 Å². The lowest BCUT2D eigenvalue weighted by molar-refractivity contribution is -0.757. The van der Waals surface area contributed by atoms with Crippen molar-refractivity contribution in [1.82, 2.24) is 4.98 Å². The highest BCUT2D eigenvalue weighted by atomic mass is 16.6. The van der Waals surface area contributed by atoms with Crippen LogP contribution in [0.2, 0.25) is 0 Å². The lowest BCUT2D eigenvalue weighted by atomic mass is 10.3. The summed E-state index contributed by atoms with van der Waals surface area (Å²) in [6.45, 7) is 0. The second-order valence-corrected chi connectivity index (χ2v) is 2.55. The van der Waals surface area contributed by atoms with E-state index in [9.17, 15) is 10.1 Å². The Kier molecular flexibility index (Phi) is 3.11. The number of rotatable bonds is 3. The molecule has 0 N–H and O–H groups in total. The fourth-order valence-corrected chi connectivity index (χ4v) is 0.860. The highest BCUT2D eigenvalue weighted by Crippen LogP contribution is 2.08. The molecule has 6 heteroatoms. The first kappa shape index (κ1) is 10.1. The van der Waals surface area contributed by atoms with E-state index in [1.807, 2.05) is 0 Å². The maximum absolute atomic E-state index is 10.4. The Morgan fingerprint density at radius 1 is 1.64 bits per heavy atom. The molecule has 0 radical (unpaired) electrons. The molecule has 0 amide bonds. The van der Waals surface area contributed by atoms with Crippen molar-refractivity contribution in [2.45, 2.75) is 0 Å². The molecule has 14 heavy (non-hydrogen) atoms. The van der Waals surface area contributed by atoms with Gasteiger partial charge in [0.1, 0.15) is 12.8 Å². The number of hydrogen-bond acceptors (Lipinski definition) is 4. The second-order valence-electron chi connectivity index (χ2n) is 2.55. The maximum atomic E-state index is 10.4. The highest BCUT2D eigenvalue weighted by Gasteiger charge is 2.07. The van der Waals surface area contributed by atoms with Gasteiger partial charge in [-0.15, -0.1) is 0 Å². The fraction of sp³-hybridized carbons (Fsp3) is 0.250. The number of nitro groups is 1. The van der Waals surface area contributed by atoms with Crippen LogP contribution in [0.3, 0.4) is 0 Å². The van der Waals surface area contributed by atoms with E-state index < -0.39 is 4.92 Å². The Morgan fingerprint density at radius 2 is 2.36 bits per heavy atom. The van der Waals surface area contributed by atoms with Gasteiger partial charge in [0.25, 0.3) is 5.69 Å². The van der Waals surface area contributed by atoms with Crippen molar-refractivity contribution in [3.05, 3.63) is 34.1 Å². The topological polar surface area (TPSA) is 68.3 Å². The van der Waals surface area contributed by atoms with Crippen LogP contribution in [-0.2, 0) is 4.84 Å². The van der Waals surface area contributed by atoms with Gasteiger partial charge in [0, 0.05) is 18.3 Å². The molecule has 1 rings (SSSR count). The maximum Gasteiger partial charge on any atom is 0.273 e. The molecule has 0 aliphatic carbocycles. The lowest BCUT2D eigenvalue weighted by Gasteiger charge is -1.92. The summed E-state index contributed by atoms with van der Waals surface area (Å²) in [6, 6.07) is 2.71. The molecule has 0 saturated carbocycles. The van der Waals surface area contributed by atoms with Crippen LogP contribution < -0.4 is 0 Å². The summed E-state index contributed by atoms with van der Waals surface area (Å²) in [4.78, 5) is 18.7. The average Bonchev–Trinajstić information content (AvgIpc) is 2.18. The summed E-state index contributed by atoms with van der Waals surface area (Å²) in [5.74, 6) is 0. The monoisotopic (exact) mass is 196 g/mol. The van der Waals surface area contributed by atoms with E-state index in [4.69, 9.17) is 4.84 Å². The van der Waals surface area contributed by atoms with Gasteiger partial charge in [-0.1, -0.05) is 0 Å². The van der Waals surface area contributed by atoms with Gasteiger partial charge in [-0.05, 0) is 4.74 Å². The van der Waals surface area contributed by atoms with E-state index in [0.717, 1.165) is 0 Å². The number of hydroxylamine groups is 1. The summed E-state index contributed by atoms with van der Waals surface area (Å²) in [7, 11) is 3.16. The zero-order valence-electron chi connectivity index (χ0n) is 7.88. The lowest BCUT2D eigenvalue weighted by Crippen LogP contribution is -2.06. The molecule has 74 valence electrons. The van der Waals surface area contributed by atoms with E-state index >= 15 is 0 Å². The Morgan fingerprint density at radius 3 is 2.93 bits per heavy atom. The normalized spacial score (nSPS) is 11.1. The Bertz CT molecular complexity index is 376. The van der Waals surface area contributed by atoms with E-state index in [0.29, 0.717) is 5.69 Å². The molecule has 0 spiro atoms. The van der Waals surface area contributed by atoms with Crippen LogP contribution in [0.4, 0.5) is 5.69 Å². The quantitative estimate of drug-likeness (QED) is 0.307. The van der Waals surface area contributed by atoms with Crippen LogP contribution in [0, 0.1) is 10.1 Å². The zero-order chi connectivity index (χ0) is 10.6. The minimum Gasteiger partial charge on any atom is -0.281 e. The van der Waals surface area contributed by atoms with Gasteiger partial charge in [-0.25, -0.2) is 4.98 Å². The van der Waals surface area contributed by atoms with E-state index in [2.05, 4.69) is 4.98 Å². The van der Waals surface area contributed by atoms with Crippen LogP contribution in [0.15, 0.2) is 18.3 Å². The molecule has 0 aliphatic heterocycles. The first-order valence-corrected chi connectivity index (χ1v) is 3.85. The summed E-state index contributed by atoms with van der Waals surface area (Å²) in [5, 5.41) is 10.4. The van der Waals surface area contributed by atoms with Crippen molar-refractivity contribution in [1.29, 1.82) is 0 Å². The SMILES string of the molecule is CO/[N+](C)=C/c1cc([N+](=O)[O-])ccn1. The number of hydrogen-bond donors (Lipinski definition) is 0. The summed E-state index contributed by atoms with van der Waals surface area (Å²) < 4.78 is 1.41. The molecule has 0 fully saturated rings. The van der Waals surface area contributed by atoms with Crippen molar-refractivity contribution in [2.75, 3.05) is 14.2 Å². The van der Waals surface area contributed by atoms with Gasteiger partial charge in [0.2, 0.25) is 6.21 Å². The number of aromatic nitrogens is 1. The van der Waals surface area contributed by atoms with Crippen molar-refractivity contribution < 1.29 is 14.5 Å². The predicted molar refractivity (Wildman–Crippen MR) is 49.3 cm³/mol. The van der Waals surface area contributed by atoms with E-state index in [-0.39, 0.29) is 5.69 Å². The Balaban J connectivity index is 3.00. The van der Waals surface area contributed by atoms with E-state index in [1.54, 1.807) is 13.3 Å². The summed E-state index contributed by atoms with van der Waals surface area (Å²) in [6.07, 6.45) is 2.93. The van der Waals surface area contributed by atoms with Gasteiger partial charge in [0.05, 0.1) is 4.92 Å². The fourth-order valence-electron chi connectivity index (χ4n) is 0.860. The van der Waals surface area contributed by atoms with Crippen LogP contribution in [0.5, 0.6) is 0 Å². The Hall–Kier alpha value is -1.98.